The van der Waals surface area contributed by atoms with Crippen LogP contribution in [0.1, 0.15) is 44.7 Å². The van der Waals surface area contributed by atoms with Crippen LogP contribution in [0.25, 0.3) is 0 Å². The van der Waals surface area contributed by atoms with Gasteiger partial charge in [0.15, 0.2) is 0 Å². The minimum atomic E-state index is -0.473. The summed E-state index contributed by atoms with van der Waals surface area (Å²) in [5, 5.41) is 0. The molecule has 0 bridgehead atoms. The van der Waals surface area contributed by atoms with E-state index in [9.17, 15) is 0 Å². The molecule has 2 heterocycles. The molecule has 0 N–H and O–H groups in total. The lowest BCUT2D eigenvalue weighted by Gasteiger charge is -2.37. The average Bonchev–Trinajstić information content (AvgIpc) is 2.84. The Morgan fingerprint density at radius 3 is 1.29 bits per heavy atom. The monoisotopic (exact) mass is 470 g/mol. The lowest BCUT2D eigenvalue weighted by Crippen LogP contribution is -2.47. The summed E-state index contributed by atoms with van der Waals surface area (Å²) < 4.78 is 23.0. The van der Waals surface area contributed by atoms with Crippen LogP contribution in [0.4, 0.5) is 0 Å². The molecule has 0 spiro atoms. The standard InChI is InChI=1S/C26H38N4O4/c1-14(2)19-23(31-6)29-21(25(27-19)33-8)18(17-13-11-10-12-16(17)5)22-26(34-9)28-20(15(3)4)24(30-22)32-7/h10-15,18-22H,1-9H3/t19-,20-,21+,22+/m1/s1. The van der Waals surface area contributed by atoms with Gasteiger partial charge in [-0.1, -0.05) is 52.0 Å². The van der Waals surface area contributed by atoms with Gasteiger partial charge >= 0.3 is 0 Å². The highest BCUT2D eigenvalue weighted by Gasteiger charge is 2.45. The highest BCUT2D eigenvalue weighted by atomic mass is 16.5. The molecule has 1 aromatic rings. The molecule has 0 saturated carbocycles. The van der Waals surface area contributed by atoms with E-state index in [-0.39, 0.29) is 29.8 Å². The third-order valence-corrected chi connectivity index (χ3v) is 6.40. The second-order valence-electron chi connectivity index (χ2n) is 9.34. The van der Waals surface area contributed by atoms with E-state index < -0.39 is 12.1 Å². The quantitative estimate of drug-likeness (QED) is 0.649. The van der Waals surface area contributed by atoms with Crippen LogP contribution in [0.15, 0.2) is 44.2 Å². The molecule has 2 aliphatic heterocycles. The first-order chi connectivity index (χ1) is 16.3. The van der Waals surface area contributed by atoms with Gasteiger partial charge in [-0.15, -0.1) is 0 Å². The average molecular weight is 471 g/mol. The molecule has 1 aromatic carbocycles. The first-order valence-electron chi connectivity index (χ1n) is 11.8. The Kier molecular flexibility index (Phi) is 8.33. The zero-order chi connectivity index (χ0) is 25.0. The van der Waals surface area contributed by atoms with Gasteiger partial charge in [-0.2, -0.15) is 0 Å². The maximum Gasteiger partial charge on any atom is 0.210 e. The molecule has 0 fully saturated rings. The molecule has 34 heavy (non-hydrogen) atoms. The molecule has 3 rings (SSSR count). The molecule has 0 amide bonds. The predicted molar refractivity (Wildman–Crippen MR) is 137 cm³/mol. The Balaban J connectivity index is 2.22. The summed E-state index contributed by atoms with van der Waals surface area (Å²) >= 11 is 0. The van der Waals surface area contributed by atoms with Crippen molar-refractivity contribution in [1.29, 1.82) is 0 Å². The second-order valence-corrected chi connectivity index (χ2v) is 9.34. The maximum atomic E-state index is 5.82. The molecule has 8 heteroatoms. The topological polar surface area (TPSA) is 86.4 Å². The smallest absolute Gasteiger partial charge is 0.210 e. The van der Waals surface area contributed by atoms with Crippen molar-refractivity contribution in [2.45, 2.75) is 64.7 Å². The van der Waals surface area contributed by atoms with Gasteiger partial charge < -0.3 is 18.9 Å². The number of ether oxygens (including phenoxy) is 4. The van der Waals surface area contributed by atoms with Crippen LogP contribution in [-0.2, 0) is 18.9 Å². The fourth-order valence-electron chi connectivity index (χ4n) is 4.58. The molecular formula is C26H38N4O4. The molecule has 0 unspecified atom stereocenters. The van der Waals surface area contributed by atoms with Crippen LogP contribution in [0.2, 0.25) is 0 Å². The first-order valence-corrected chi connectivity index (χ1v) is 11.8. The van der Waals surface area contributed by atoms with Crippen molar-refractivity contribution >= 4 is 23.6 Å². The summed E-state index contributed by atoms with van der Waals surface area (Å²) in [5.74, 6) is 2.38. The number of hydrogen-bond donors (Lipinski definition) is 0. The molecule has 0 saturated heterocycles. The third-order valence-electron chi connectivity index (χ3n) is 6.40. The van der Waals surface area contributed by atoms with Crippen LogP contribution in [0.5, 0.6) is 0 Å². The van der Waals surface area contributed by atoms with E-state index >= 15 is 0 Å². The maximum absolute atomic E-state index is 5.82. The normalized spacial score (nSPS) is 24.9. The number of aryl methyl sites for hydroxylation is 1. The van der Waals surface area contributed by atoms with Gasteiger partial charge in [-0.05, 0) is 29.9 Å². The van der Waals surface area contributed by atoms with Gasteiger partial charge in [0.05, 0.1) is 28.4 Å². The minimum Gasteiger partial charge on any atom is -0.483 e. The van der Waals surface area contributed by atoms with Crippen LogP contribution >= 0.6 is 0 Å². The number of nitrogens with zero attached hydrogens (tertiary/aromatic N) is 4. The molecule has 186 valence electrons. The lowest BCUT2D eigenvalue weighted by molar-refractivity contribution is 0.306. The Hall–Kier alpha value is -2.90. The minimum absolute atomic E-state index is 0.206. The summed E-state index contributed by atoms with van der Waals surface area (Å²) in [4.78, 5) is 19.9. The Morgan fingerprint density at radius 1 is 0.588 bits per heavy atom. The van der Waals surface area contributed by atoms with Crippen LogP contribution < -0.4 is 0 Å². The fraction of sp³-hybridized carbons (Fsp3) is 0.615. The molecule has 0 aromatic heterocycles. The largest absolute Gasteiger partial charge is 0.483 e. The van der Waals surface area contributed by atoms with Gasteiger partial charge in [0.2, 0.25) is 23.6 Å². The van der Waals surface area contributed by atoms with E-state index in [0.29, 0.717) is 23.6 Å². The zero-order valence-corrected chi connectivity index (χ0v) is 21.8. The highest BCUT2D eigenvalue weighted by molar-refractivity contribution is 5.98. The van der Waals surface area contributed by atoms with E-state index in [1.807, 2.05) is 12.1 Å². The fourth-order valence-corrected chi connectivity index (χ4v) is 4.58. The summed E-state index contributed by atoms with van der Waals surface area (Å²) in [6.07, 6.45) is 0. The van der Waals surface area contributed by atoms with Crippen LogP contribution in [0, 0.1) is 18.8 Å². The van der Waals surface area contributed by atoms with Crippen molar-refractivity contribution in [3.8, 4) is 0 Å². The predicted octanol–water partition coefficient (Wildman–Crippen LogP) is 4.07. The molecule has 0 aliphatic carbocycles. The van der Waals surface area contributed by atoms with Gasteiger partial charge in [-0.3, -0.25) is 0 Å². The van der Waals surface area contributed by atoms with Crippen LogP contribution in [-0.4, -0.2) is 76.2 Å². The first kappa shape index (κ1) is 25.7. The molecule has 2 aliphatic rings. The van der Waals surface area contributed by atoms with Gasteiger partial charge in [-0.25, -0.2) is 20.0 Å². The van der Waals surface area contributed by atoms with E-state index in [2.05, 4.69) is 46.8 Å². The van der Waals surface area contributed by atoms with Crippen molar-refractivity contribution in [1.82, 2.24) is 0 Å². The zero-order valence-electron chi connectivity index (χ0n) is 21.8. The number of rotatable bonds is 5. The van der Waals surface area contributed by atoms with Gasteiger partial charge in [0.1, 0.15) is 24.2 Å². The van der Waals surface area contributed by atoms with Crippen molar-refractivity contribution < 1.29 is 18.9 Å². The lowest BCUT2D eigenvalue weighted by atomic mass is 9.81. The molecule has 4 atom stereocenters. The molecular weight excluding hydrogens is 432 g/mol. The third kappa shape index (κ3) is 4.95. The Bertz CT molecular complexity index is 927. The summed E-state index contributed by atoms with van der Waals surface area (Å²) in [7, 11) is 6.55. The summed E-state index contributed by atoms with van der Waals surface area (Å²) in [5.41, 5.74) is 2.18. The van der Waals surface area contributed by atoms with Gasteiger partial charge in [0, 0.05) is 5.92 Å². The van der Waals surface area contributed by atoms with Crippen LogP contribution in [0.3, 0.4) is 0 Å². The second kappa shape index (κ2) is 11.0. The Labute approximate surface area is 203 Å². The van der Waals surface area contributed by atoms with Crippen molar-refractivity contribution in [2.75, 3.05) is 28.4 Å². The van der Waals surface area contributed by atoms with E-state index in [0.717, 1.165) is 11.1 Å². The van der Waals surface area contributed by atoms with Gasteiger partial charge in [0.25, 0.3) is 0 Å². The van der Waals surface area contributed by atoms with Crippen molar-refractivity contribution in [2.24, 2.45) is 31.8 Å². The molecule has 8 nitrogen and oxygen atoms in total. The van der Waals surface area contributed by atoms with Crippen molar-refractivity contribution in [3.05, 3.63) is 35.4 Å². The number of methoxy groups -OCH3 is 4. The summed E-state index contributed by atoms with van der Waals surface area (Å²) in [6, 6.07) is 6.84. The highest BCUT2D eigenvalue weighted by Crippen LogP contribution is 2.36. The van der Waals surface area contributed by atoms with E-state index in [4.69, 9.17) is 38.9 Å². The Morgan fingerprint density at radius 2 is 0.941 bits per heavy atom. The van der Waals surface area contributed by atoms with Crippen molar-refractivity contribution in [3.63, 3.8) is 0 Å². The SMILES string of the molecule is COC1=N[C@H](C(C)C)C(OC)=N[C@H]1C(c1ccccc1C)[C@@H]1N=C(OC)[C@@H](C(C)C)N=C1OC. The summed E-state index contributed by atoms with van der Waals surface area (Å²) in [6.45, 7) is 10.4. The number of benzene rings is 1. The number of hydrogen-bond acceptors (Lipinski definition) is 8. The van der Waals surface area contributed by atoms with E-state index in [1.165, 1.54) is 0 Å². The number of aliphatic imine (C=N–C) groups is 4. The van der Waals surface area contributed by atoms with E-state index in [1.54, 1.807) is 28.4 Å². The molecule has 0 radical (unpaired) electrons.